The maximum absolute atomic E-state index is 10.7. The van der Waals surface area contributed by atoms with Crippen molar-refractivity contribution >= 4 is 33.8 Å². The fourth-order valence-corrected chi connectivity index (χ4v) is 2.28. The number of nitro groups is 1. The second kappa shape index (κ2) is 6.49. The monoisotopic (exact) mass is 314 g/mol. The van der Waals surface area contributed by atoms with Gasteiger partial charge >= 0.3 is 0 Å². The highest BCUT2D eigenvalue weighted by Crippen LogP contribution is 2.29. The number of anilines is 1. The van der Waals surface area contributed by atoms with E-state index >= 15 is 0 Å². The van der Waals surface area contributed by atoms with Crippen LogP contribution >= 0.6 is 22.9 Å². The molecule has 2 rings (SSSR count). The number of hydrogen-bond acceptors (Lipinski definition) is 7. The minimum atomic E-state index is -0.503. The Morgan fingerprint density at radius 3 is 3.00 bits per heavy atom. The molecule has 1 heterocycles. The summed E-state index contributed by atoms with van der Waals surface area (Å²) in [5.74, 6) is 0.251. The van der Waals surface area contributed by atoms with Gasteiger partial charge in [-0.05, 0) is 13.0 Å². The van der Waals surface area contributed by atoms with Crippen LogP contribution in [-0.4, -0.2) is 21.7 Å². The number of aromatic nitrogens is 2. The lowest BCUT2D eigenvalue weighted by Gasteiger charge is -2.05. The molecule has 0 aliphatic carbocycles. The van der Waals surface area contributed by atoms with Crippen molar-refractivity contribution in [3.8, 4) is 5.75 Å². The van der Waals surface area contributed by atoms with Crippen molar-refractivity contribution in [1.29, 1.82) is 0 Å². The highest BCUT2D eigenvalue weighted by Gasteiger charge is 2.12. The zero-order valence-corrected chi connectivity index (χ0v) is 12.1. The zero-order valence-electron chi connectivity index (χ0n) is 10.5. The molecule has 9 heteroatoms. The molecule has 0 bridgehead atoms. The maximum Gasteiger partial charge on any atom is 0.273 e. The topological polar surface area (TPSA) is 90.2 Å². The van der Waals surface area contributed by atoms with Gasteiger partial charge in [0.2, 0.25) is 5.13 Å². The Morgan fingerprint density at radius 2 is 2.30 bits per heavy atom. The van der Waals surface area contributed by atoms with Crippen LogP contribution < -0.4 is 10.1 Å². The van der Waals surface area contributed by atoms with Gasteiger partial charge in [0, 0.05) is 12.6 Å². The van der Waals surface area contributed by atoms with Gasteiger partial charge in [0.25, 0.3) is 5.69 Å². The van der Waals surface area contributed by atoms with Gasteiger partial charge in [-0.2, -0.15) is 0 Å². The number of hydrogen-bond donors (Lipinski definition) is 1. The molecule has 0 aliphatic heterocycles. The van der Waals surface area contributed by atoms with Crippen LogP contribution in [0.4, 0.5) is 10.8 Å². The third-order valence-electron chi connectivity index (χ3n) is 2.27. The van der Waals surface area contributed by atoms with Crippen LogP contribution in [0.2, 0.25) is 5.02 Å². The molecule has 1 N–H and O–H groups in total. The molecule has 0 spiro atoms. The van der Waals surface area contributed by atoms with Crippen molar-refractivity contribution in [3.63, 3.8) is 0 Å². The molecule has 7 nitrogen and oxygen atoms in total. The molecule has 0 saturated carbocycles. The molecule has 2 aromatic rings. The predicted octanol–water partition coefficient (Wildman–Crippen LogP) is 3.11. The lowest BCUT2D eigenvalue weighted by atomic mass is 10.3. The van der Waals surface area contributed by atoms with Crippen LogP contribution in [0.3, 0.4) is 0 Å². The van der Waals surface area contributed by atoms with E-state index in [4.69, 9.17) is 16.3 Å². The van der Waals surface area contributed by atoms with Gasteiger partial charge in [-0.25, -0.2) is 0 Å². The average molecular weight is 315 g/mol. The molecule has 0 fully saturated rings. The molecule has 0 amide bonds. The largest absolute Gasteiger partial charge is 0.485 e. The smallest absolute Gasteiger partial charge is 0.273 e. The molecule has 1 aromatic carbocycles. The fourth-order valence-electron chi connectivity index (χ4n) is 1.39. The highest BCUT2D eigenvalue weighted by atomic mass is 35.5. The number of nitrogens with zero attached hydrogens (tertiary/aromatic N) is 3. The Kier molecular flexibility index (Phi) is 4.70. The number of nitrogens with one attached hydrogen (secondary N) is 1. The molecule has 0 radical (unpaired) electrons. The van der Waals surface area contributed by atoms with Crippen LogP contribution in [0.25, 0.3) is 0 Å². The summed E-state index contributed by atoms with van der Waals surface area (Å²) < 4.78 is 5.45. The van der Waals surface area contributed by atoms with E-state index in [1.54, 1.807) is 0 Å². The Labute approximate surface area is 123 Å². The first-order valence-corrected chi connectivity index (χ1v) is 6.92. The van der Waals surface area contributed by atoms with Gasteiger partial charge in [-0.3, -0.25) is 10.1 Å². The van der Waals surface area contributed by atoms with Crippen LogP contribution in [0.1, 0.15) is 11.9 Å². The Balaban J connectivity index is 2.05. The van der Waals surface area contributed by atoms with Gasteiger partial charge in [-0.15, -0.1) is 10.2 Å². The number of benzene rings is 1. The summed E-state index contributed by atoms with van der Waals surface area (Å²) in [5.41, 5.74) is -0.0741. The summed E-state index contributed by atoms with van der Waals surface area (Å²) in [6.07, 6.45) is 0. The van der Waals surface area contributed by atoms with Crippen LogP contribution in [0, 0.1) is 10.1 Å². The minimum absolute atomic E-state index is 0.0741. The second-order valence-electron chi connectivity index (χ2n) is 3.69. The molecule has 106 valence electrons. The van der Waals surface area contributed by atoms with Crippen molar-refractivity contribution < 1.29 is 9.66 Å². The Bertz CT molecular complexity index is 619. The highest BCUT2D eigenvalue weighted by molar-refractivity contribution is 7.15. The van der Waals surface area contributed by atoms with E-state index in [9.17, 15) is 10.1 Å². The number of nitro benzene ring substituents is 1. The molecule has 0 unspecified atom stereocenters. The summed E-state index contributed by atoms with van der Waals surface area (Å²) in [6, 6.07) is 4.04. The first-order chi connectivity index (χ1) is 9.60. The normalized spacial score (nSPS) is 10.3. The van der Waals surface area contributed by atoms with Crippen molar-refractivity contribution in [3.05, 3.63) is 38.3 Å². The van der Waals surface area contributed by atoms with Gasteiger partial charge in [0.1, 0.15) is 12.4 Å². The van der Waals surface area contributed by atoms with E-state index in [2.05, 4.69) is 15.5 Å². The number of non-ortho nitro benzene ring substituents is 1. The van der Waals surface area contributed by atoms with E-state index in [1.165, 1.54) is 29.5 Å². The van der Waals surface area contributed by atoms with Crippen LogP contribution in [0.5, 0.6) is 5.75 Å². The van der Waals surface area contributed by atoms with Crippen molar-refractivity contribution in [2.45, 2.75) is 13.5 Å². The van der Waals surface area contributed by atoms with Crippen LogP contribution in [-0.2, 0) is 6.61 Å². The summed E-state index contributed by atoms with van der Waals surface area (Å²) in [6.45, 7) is 2.87. The quantitative estimate of drug-likeness (QED) is 0.650. The third kappa shape index (κ3) is 3.55. The molecular formula is C11H11ClN4O3S. The van der Waals surface area contributed by atoms with E-state index in [1.807, 2.05) is 6.92 Å². The SMILES string of the molecule is CCNc1nnc(COc2cc([N+](=O)[O-])ccc2Cl)s1. The molecule has 1 aromatic heterocycles. The zero-order chi connectivity index (χ0) is 14.5. The molecule has 0 atom stereocenters. The Hall–Kier alpha value is -1.93. The molecule has 20 heavy (non-hydrogen) atoms. The number of ether oxygens (including phenoxy) is 1. The summed E-state index contributed by atoms with van der Waals surface area (Å²) in [5, 5.41) is 23.3. The van der Waals surface area contributed by atoms with Crippen molar-refractivity contribution in [2.24, 2.45) is 0 Å². The molecule has 0 aliphatic rings. The standard InChI is InChI=1S/C11H11ClN4O3S/c1-2-13-11-15-14-10(20-11)6-19-9-5-7(16(17)18)3-4-8(9)12/h3-5H,2,6H2,1H3,(H,13,15). The first-order valence-electron chi connectivity index (χ1n) is 5.73. The first kappa shape index (κ1) is 14.5. The summed E-state index contributed by atoms with van der Waals surface area (Å²) >= 11 is 7.29. The molecular weight excluding hydrogens is 304 g/mol. The van der Waals surface area contributed by atoms with Gasteiger partial charge in [0.15, 0.2) is 5.01 Å². The van der Waals surface area contributed by atoms with Gasteiger partial charge in [0.05, 0.1) is 16.0 Å². The van der Waals surface area contributed by atoms with E-state index < -0.39 is 4.92 Å². The van der Waals surface area contributed by atoms with Crippen molar-refractivity contribution in [2.75, 3.05) is 11.9 Å². The average Bonchev–Trinajstić information content (AvgIpc) is 2.86. The van der Waals surface area contributed by atoms with E-state index in [0.29, 0.717) is 15.2 Å². The third-order valence-corrected chi connectivity index (χ3v) is 3.44. The number of halogens is 1. The van der Waals surface area contributed by atoms with Crippen molar-refractivity contribution in [1.82, 2.24) is 10.2 Å². The van der Waals surface area contributed by atoms with E-state index in [-0.39, 0.29) is 18.0 Å². The van der Waals surface area contributed by atoms with Crippen LogP contribution in [0.15, 0.2) is 18.2 Å². The second-order valence-corrected chi connectivity index (χ2v) is 5.16. The Morgan fingerprint density at radius 1 is 1.50 bits per heavy atom. The molecule has 0 saturated heterocycles. The summed E-state index contributed by atoms with van der Waals surface area (Å²) in [4.78, 5) is 10.2. The fraction of sp³-hybridized carbons (Fsp3) is 0.273. The summed E-state index contributed by atoms with van der Waals surface area (Å²) in [7, 11) is 0. The lowest BCUT2D eigenvalue weighted by Crippen LogP contribution is -1.96. The lowest BCUT2D eigenvalue weighted by molar-refractivity contribution is -0.384. The van der Waals surface area contributed by atoms with Gasteiger partial charge < -0.3 is 10.1 Å². The van der Waals surface area contributed by atoms with Gasteiger partial charge in [-0.1, -0.05) is 22.9 Å². The minimum Gasteiger partial charge on any atom is -0.485 e. The number of rotatable bonds is 6. The maximum atomic E-state index is 10.7. The predicted molar refractivity (Wildman–Crippen MR) is 76.5 cm³/mol. The van der Waals surface area contributed by atoms with E-state index in [0.717, 1.165) is 6.54 Å².